The zero-order valence-corrected chi connectivity index (χ0v) is 9.07. The van der Waals surface area contributed by atoms with Crippen molar-refractivity contribution >= 4 is 23.2 Å². The first kappa shape index (κ1) is 10.1. The van der Waals surface area contributed by atoms with Gasteiger partial charge in [-0.15, -0.1) is 0 Å². The molecular formula is C10H11Cl2NO. The molecule has 1 fully saturated rings. The van der Waals surface area contributed by atoms with Crippen LogP contribution >= 0.6 is 23.2 Å². The van der Waals surface area contributed by atoms with E-state index in [0.29, 0.717) is 16.0 Å². The molecule has 1 unspecified atom stereocenters. The minimum absolute atomic E-state index is 0.205. The Morgan fingerprint density at radius 1 is 1.36 bits per heavy atom. The van der Waals surface area contributed by atoms with E-state index >= 15 is 0 Å². The van der Waals surface area contributed by atoms with E-state index in [9.17, 15) is 5.11 Å². The van der Waals surface area contributed by atoms with Gasteiger partial charge in [-0.3, -0.25) is 0 Å². The van der Waals surface area contributed by atoms with Crippen molar-refractivity contribution in [1.29, 1.82) is 0 Å². The third kappa shape index (κ3) is 1.83. The molecule has 0 radical (unpaired) electrons. The number of hydrogen-bond acceptors (Lipinski definition) is 2. The molecule has 76 valence electrons. The van der Waals surface area contributed by atoms with Crippen LogP contribution in [0.5, 0.6) is 5.75 Å². The van der Waals surface area contributed by atoms with E-state index in [0.717, 1.165) is 25.1 Å². The Hall–Kier alpha value is -0.440. The fourth-order valence-corrected chi connectivity index (χ4v) is 2.51. The van der Waals surface area contributed by atoms with E-state index in [1.165, 1.54) is 0 Å². The van der Waals surface area contributed by atoms with E-state index in [4.69, 9.17) is 23.2 Å². The van der Waals surface area contributed by atoms with Crippen LogP contribution in [0.1, 0.15) is 17.9 Å². The molecule has 1 aliphatic rings. The van der Waals surface area contributed by atoms with E-state index in [1.807, 2.05) is 0 Å². The number of halogens is 2. The summed E-state index contributed by atoms with van der Waals surface area (Å²) >= 11 is 11.8. The summed E-state index contributed by atoms with van der Waals surface area (Å²) in [5, 5.41) is 14.0. The molecule has 0 bridgehead atoms. The number of rotatable bonds is 1. The number of nitrogens with one attached hydrogen (secondary N) is 1. The molecular weight excluding hydrogens is 221 g/mol. The standard InChI is InChI=1S/C10H11Cl2NO/c11-7-3-8(12)10(9(14)4-7)6-1-2-13-5-6/h3-4,6,13-14H,1-2,5H2. The van der Waals surface area contributed by atoms with Crippen molar-refractivity contribution in [1.82, 2.24) is 5.32 Å². The Bertz CT molecular complexity index is 325. The van der Waals surface area contributed by atoms with E-state index in [1.54, 1.807) is 12.1 Å². The molecule has 1 aliphatic heterocycles. The van der Waals surface area contributed by atoms with Gasteiger partial charge in [0.2, 0.25) is 0 Å². The lowest BCUT2D eigenvalue weighted by Crippen LogP contribution is -2.08. The SMILES string of the molecule is Oc1cc(Cl)cc(Cl)c1C1CCNC1. The van der Waals surface area contributed by atoms with Crippen molar-refractivity contribution in [2.24, 2.45) is 0 Å². The molecule has 2 rings (SSSR count). The number of hydrogen-bond donors (Lipinski definition) is 2. The zero-order valence-electron chi connectivity index (χ0n) is 7.56. The minimum atomic E-state index is 0.205. The lowest BCUT2D eigenvalue weighted by molar-refractivity contribution is 0.463. The molecule has 0 spiro atoms. The van der Waals surface area contributed by atoms with Gasteiger partial charge in [0.25, 0.3) is 0 Å². The molecule has 1 atom stereocenters. The van der Waals surface area contributed by atoms with Gasteiger partial charge in [-0.1, -0.05) is 23.2 Å². The van der Waals surface area contributed by atoms with Crippen molar-refractivity contribution in [3.05, 3.63) is 27.7 Å². The number of phenols is 1. The van der Waals surface area contributed by atoms with Crippen LogP contribution < -0.4 is 5.32 Å². The second kappa shape index (κ2) is 3.97. The molecule has 1 saturated heterocycles. The molecule has 1 heterocycles. The van der Waals surface area contributed by atoms with Crippen LogP contribution in [-0.2, 0) is 0 Å². The van der Waals surface area contributed by atoms with Gasteiger partial charge in [0.15, 0.2) is 0 Å². The van der Waals surface area contributed by atoms with Gasteiger partial charge in [0.05, 0.1) is 0 Å². The molecule has 1 aromatic rings. The summed E-state index contributed by atoms with van der Waals surface area (Å²) in [5.74, 6) is 0.510. The van der Waals surface area contributed by atoms with Crippen molar-refractivity contribution < 1.29 is 5.11 Å². The first-order valence-corrected chi connectivity index (χ1v) is 5.32. The molecule has 0 aliphatic carbocycles. The Balaban J connectivity index is 2.40. The summed E-state index contributed by atoms with van der Waals surface area (Å²) in [6.07, 6.45) is 1.01. The predicted octanol–water partition coefficient (Wildman–Crippen LogP) is 2.78. The van der Waals surface area contributed by atoms with Gasteiger partial charge < -0.3 is 10.4 Å². The van der Waals surface area contributed by atoms with Crippen molar-refractivity contribution in [2.45, 2.75) is 12.3 Å². The molecule has 4 heteroatoms. The van der Waals surface area contributed by atoms with Crippen LogP contribution in [-0.4, -0.2) is 18.2 Å². The number of benzene rings is 1. The Labute approximate surface area is 92.8 Å². The van der Waals surface area contributed by atoms with Crippen LogP contribution in [0.25, 0.3) is 0 Å². The predicted molar refractivity (Wildman–Crippen MR) is 58.4 cm³/mol. The topological polar surface area (TPSA) is 32.3 Å². The highest BCUT2D eigenvalue weighted by molar-refractivity contribution is 6.35. The third-order valence-corrected chi connectivity index (χ3v) is 3.07. The molecule has 1 aromatic carbocycles. The summed E-state index contributed by atoms with van der Waals surface area (Å²) in [7, 11) is 0. The Morgan fingerprint density at radius 3 is 2.71 bits per heavy atom. The number of phenolic OH excluding ortho intramolecular Hbond substituents is 1. The van der Waals surface area contributed by atoms with E-state index < -0.39 is 0 Å². The zero-order chi connectivity index (χ0) is 10.1. The lowest BCUT2D eigenvalue weighted by atomic mass is 9.97. The van der Waals surface area contributed by atoms with E-state index in [-0.39, 0.29) is 5.75 Å². The molecule has 0 saturated carbocycles. The minimum Gasteiger partial charge on any atom is -0.508 e. The normalized spacial score (nSPS) is 21.4. The van der Waals surface area contributed by atoms with Gasteiger partial charge in [-0.05, 0) is 25.1 Å². The molecule has 2 N–H and O–H groups in total. The van der Waals surface area contributed by atoms with Crippen molar-refractivity contribution in [3.63, 3.8) is 0 Å². The Kier molecular flexibility index (Phi) is 2.86. The smallest absolute Gasteiger partial charge is 0.122 e. The summed E-state index contributed by atoms with van der Waals surface area (Å²) < 4.78 is 0. The third-order valence-electron chi connectivity index (χ3n) is 2.54. The maximum atomic E-state index is 9.74. The van der Waals surface area contributed by atoms with Gasteiger partial charge in [0.1, 0.15) is 5.75 Å². The summed E-state index contributed by atoms with van der Waals surface area (Å²) in [4.78, 5) is 0. The second-order valence-electron chi connectivity index (χ2n) is 3.51. The highest BCUT2D eigenvalue weighted by atomic mass is 35.5. The first-order valence-electron chi connectivity index (χ1n) is 4.57. The van der Waals surface area contributed by atoms with Gasteiger partial charge in [0, 0.05) is 28.1 Å². The molecule has 0 amide bonds. The van der Waals surface area contributed by atoms with Gasteiger partial charge in [-0.2, -0.15) is 0 Å². The van der Waals surface area contributed by atoms with E-state index in [2.05, 4.69) is 5.32 Å². The van der Waals surface area contributed by atoms with Crippen LogP contribution in [0.4, 0.5) is 0 Å². The molecule has 14 heavy (non-hydrogen) atoms. The summed E-state index contributed by atoms with van der Waals surface area (Å²) in [6, 6.07) is 3.22. The quantitative estimate of drug-likeness (QED) is 0.780. The maximum Gasteiger partial charge on any atom is 0.122 e. The fourth-order valence-electron chi connectivity index (χ4n) is 1.88. The van der Waals surface area contributed by atoms with Crippen LogP contribution in [0, 0.1) is 0 Å². The maximum absolute atomic E-state index is 9.74. The van der Waals surface area contributed by atoms with Crippen molar-refractivity contribution in [2.75, 3.05) is 13.1 Å². The van der Waals surface area contributed by atoms with Crippen LogP contribution in [0.2, 0.25) is 10.0 Å². The van der Waals surface area contributed by atoms with Crippen LogP contribution in [0.3, 0.4) is 0 Å². The highest BCUT2D eigenvalue weighted by Crippen LogP contribution is 2.37. The van der Waals surface area contributed by atoms with Gasteiger partial charge >= 0.3 is 0 Å². The monoisotopic (exact) mass is 231 g/mol. The lowest BCUT2D eigenvalue weighted by Gasteiger charge is -2.13. The van der Waals surface area contributed by atoms with Crippen molar-refractivity contribution in [3.8, 4) is 5.75 Å². The summed E-state index contributed by atoms with van der Waals surface area (Å²) in [6.45, 7) is 1.85. The largest absolute Gasteiger partial charge is 0.508 e. The summed E-state index contributed by atoms with van der Waals surface area (Å²) in [5.41, 5.74) is 0.820. The number of aromatic hydroxyl groups is 1. The molecule has 0 aromatic heterocycles. The second-order valence-corrected chi connectivity index (χ2v) is 4.35. The average molecular weight is 232 g/mol. The van der Waals surface area contributed by atoms with Gasteiger partial charge in [-0.25, -0.2) is 0 Å². The van der Waals surface area contributed by atoms with Crippen LogP contribution in [0.15, 0.2) is 12.1 Å². The molecule has 2 nitrogen and oxygen atoms in total. The fraction of sp³-hybridized carbons (Fsp3) is 0.400. The highest BCUT2D eigenvalue weighted by Gasteiger charge is 2.22. The first-order chi connectivity index (χ1) is 6.68. The Morgan fingerprint density at radius 2 is 2.14 bits per heavy atom. The average Bonchev–Trinajstić information content (AvgIpc) is 2.54.